The van der Waals surface area contributed by atoms with Gasteiger partial charge in [-0.2, -0.15) is 5.26 Å². The first-order valence-electron chi connectivity index (χ1n) is 5.18. The van der Waals surface area contributed by atoms with Crippen molar-refractivity contribution in [3.05, 3.63) is 28.8 Å². The lowest BCUT2D eigenvalue weighted by atomic mass is 10.2. The van der Waals surface area contributed by atoms with E-state index >= 15 is 0 Å². The smallest absolute Gasteiger partial charge is 0.232 e. The van der Waals surface area contributed by atoms with Crippen LogP contribution in [0.1, 0.15) is 25.3 Å². The highest BCUT2D eigenvalue weighted by atomic mass is 35.5. The quantitative estimate of drug-likeness (QED) is 0.896. The van der Waals surface area contributed by atoms with Crippen LogP contribution < -0.4 is 4.72 Å². The first-order valence-corrected chi connectivity index (χ1v) is 7.21. The maximum Gasteiger partial charge on any atom is 0.232 e. The lowest BCUT2D eigenvalue weighted by Gasteiger charge is -2.09. The van der Waals surface area contributed by atoms with Crippen molar-refractivity contribution in [2.24, 2.45) is 0 Å². The normalized spacial score (nSPS) is 10.9. The Hall–Kier alpha value is -1.25. The lowest BCUT2D eigenvalue weighted by molar-refractivity contribution is 0.598. The minimum absolute atomic E-state index is 0.0693. The molecule has 0 atom stereocenters. The van der Waals surface area contributed by atoms with Gasteiger partial charge in [0.1, 0.15) is 0 Å². The minimum atomic E-state index is -3.36. The van der Waals surface area contributed by atoms with Crippen molar-refractivity contribution in [1.82, 2.24) is 0 Å². The average Bonchev–Trinajstić information content (AvgIpc) is 2.29. The molecule has 0 radical (unpaired) electrons. The third-order valence-electron chi connectivity index (χ3n) is 2.13. The largest absolute Gasteiger partial charge is 0.282 e. The molecule has 0 saturated heterocycles. The summed E-state index contributed by atoms with van der Waals surface area (Å²) in [5.74, 6) is 0.0693. The Balaban J connectivity index is 2.86. The van der Waals surface area contributed by atoms with Gasteiger partial charge in [0, 0.05) is 0 Å². The fraction of sp³-hybridized carbons (Fsp3) is 0.364. The zero-order chi connectivity index (χ0) is 12.9. The zero-order valence-electron chi connectivity index (χ0n) is 9.40. The van der Waals surface area contributed by atoms with E-state index in [9.17, 15) is 8.42 Å². The third kappa shape index (κ3) is 4.25. The molecule has 0 heterocycles. The van der Waals surface area contributed by atoms with E-state index in [1.807, 2.05) is 13.0 Å². The number of nitrogens with one attached hydrogen (secondary N) is 1. The molecule has 0 unspecified atom stereocenters. The molecule has 17 heavy (non-hydrogen) atoms. The Labute approximate surface area is 106 Å². The molecule has 92 valence electrons. The van der Waals surface area contributed by atoms with Gasteiger partial charge >= 0.3 is 0 Å². The van der Waals surface area contributed by atoms with Crippen LogP contribution in [0, 0.1) is 11.3 Å². The topological polar surface area (TPSA) is 70.0 Å². The molecule has 0 saturated carbocycles. The molecule has 0 amide bonds. The SMILES string of the molecule is CCCCS(=O)(=O)Nc1ccc(C#N)cc1Cl. The summed E-state index contributed by atoms with van der Waals surface area (Å²) in [6.45, 7) is 1.92. The fourth-order valence-corrected chi connectivity index (χ4v) is 2.79. The molecule has 0 aliphatic heterocycles. The lowest BCUT2D eigenvalue weighted by Crippen LogP contribution is -2.16. The van der Waals surface area contributed by atoms with Crippen LogP contribution in [0.15, 0.2) is 18.2 Å². The summed E-state index contributed by atoms with van der Waals surface area (Å²) in [7, 11) is -3.36. The predicted molar refractivity (Wildman–Crippen MR) is 68.5 cm³/mol. The molecule has 1 N–H and O–H groups in total. The molecule has 0 bridgehead atoms. The molecule has 1 rings (SSSR count). The highest BCUT2D eigenvalue weighted by Crippen LogP contribution is 2.23. The number of rotatable bonds is 5. The second-order valence-electron chi connectivity index (χ2n) is 3.58. The highest BCUT2D eigenvalue weighted by Gasteiger charge is 2.11. The third-order valence-corrected chi connectivity index (χ3v) is 3.80. The van der Waals surface area contributed by atoms with E-state index in [0.29, 0.717) is 17.7 Å². The minimum Gasteiger partial charge on any atom is -0.282 e. The number of nitrogens with zero attached hydrogens (tertiary/aromatic N) is 1. The summed E-state index contributed by atoms with van der Waals surface area (Å²) in [5.41, 5.74) is 0.702. The van der Waals surface area contributed by atoms with Crippen molar-refractivity contribution in [3.63, 3.8) is 0 Å². The molecule has 4 nitrogen and oxygen atoms in total. The molecule has 0 aliphatic carbocycles. The van der Waals surface area contributed by atoms with Crippen molar-refractivity contribution in [2.75, 3.05) is 10.5 Å². The van der Waals surface area contributed by atoms with E-state index in [1.165, 1.54) is 18.2 Å². The first kappa shape index (κ1) is 13.8. The number of benzene rings is 1. The average molecular weight is 273 g/mol. The van der Waals surface area contributed by atoms with Crippen molar-refractivity contribution >= 4 is 27.3 Å². The maximum absolute atomic E-state index is 11.6. The second-order valence-corrected chi connectivity index (χ2v) is 5.83. The number of hydrogen-bond donors (Lipinski definition) is 1. The number of nitriles is 1. The predicted octanol–water partition coefficient (Wildman–Crippen LogP) is 2.75. The first-order chi connectivity index (χ1) is 7.98. The molecule has 1 aromatic rings. The summed E-state index contributed by atoms with van der Waals surface area (Å²) in [6, 6.07) is 6.37. The van der Waals surface area contributed by atoms with Crippen LogP contribution in [0.5, 0.6) is 0 Å². The van der Waals surface area contributed by atoms with Gasteiger partial charge in [0.25, 0.3) is 0 Å². The van der Waals surface area contributed by atoms with Gasteiger partial charge in [-0.25, -0.2) is 8.42 Å². The van der Waals surface area contributed by atoms with E-state index in [2.05, 4.69) is 4.72 Å². The van der Waals surface area contributed by atoms with Crippen LogP contribution in [0.25, 0.3) is 0 Å². The van der Waals surface area contributed by atoms with Gasteiger partial charge in [0.2, 0.25) is 10.0 Å². The van der Waals surface area contributed by atoms with E-state index in [-0.39, 0.29) is 10.8 Å². The Morgan fingerprint density at radius 3 is 2.71 bits per heavy atom. The van der Waals surface area contributed by atoms with Crippen molar-refractivity contribution in [3.8, 4) is 6.07 Å². The van der Waals surface area contributed by atoms with Crippen LogP contribution in [-0.2, 0) is 10.0 Å². The molecule has 1 aromatic carbocycles. The Morgan fingerprint density at radius 1 is 1.47 bits per heavy atom. The molecule has 0 fully saturated rings. The number of sulfonamides is 1. The van der Waals surface area contributed by atoms with Gasteiger partial charge in [0.05, 0.1) is 28.1 Å². The Morgan fingerprint density at radius 2 is 2.18 bits per heavy atom. The number of unbranched alkanes of at least 4 members (excludes halogenated alkanes) is 1. The second kappa shape index (κ2) is 5.89. The number of hydrogen-bond acceptors (Lipinski definition) is 3. The molecule has 0 aliphatic rings. The van der Waals surface area contributed by atoms with E-state index in [0.717, 1.165) is 6.42 Å². The zero-order valence-corrected chi connectivity index (χ0v) is 11.0. The van der Waals surface area contributed by atoms with Crippen molar-refractivity contribution in [1.29, 1.82) is 5.26 Å². The van der Waals surface area contributed by atoms with E-state index in [1.54, 1.807) is 0 Å². The van der Waals surface area contributed by atoms with Crippen LogP contribution in [-0.4, -0.2) is 14.2 Å². The van der Waals surface area contributed by atoms with Gasteiger partial charge in [-0.3, -0.25) is 4.72 Å². The number of halogens is 1. The number of anilines is 1. The van der Waals surface area contributed by atoms with Gasteiger partial charge in [0.15, 0.2) is 0 Å². The summed E-state index contributed by atoms with van der Waals surface area (Å²) >= 11 is 5.87. The molecule has 0 spiro atoms. The van der Waals surface area contributed by atoms with Crippen LogP contribution in [0.2, 0.25) is 5.02 Å². The molecule has 6 heteroatoms. The van der Waals surface area contributed by atoms with Gasteiger partial charge in [-0.1, -0.05) is 24.9 Å². The summed E-state index contributed by atoms with van der Waals surface area (Å²) in [4.78, 5) is 0. The molecule has 0 aromatic heterocycles. The van der Waals surface area contributed by atoms with Gasteiger partial charge < -0.3 is 0 Å². The van der Waals surface area contributed by atoms with Gasteiger partial charge in [-0.05, 0) is 24.6 Å². The fourth-order valence-electron chi connectivity index (χ4n) is 1.22. The summed E-state index contributed by atoms with van der Waals surface area (Å²) in [5, 5.41) is 8.88. The molecular formula is C11H13ClN2O2S. The highest BCUT2D eigenvalue weighted by molar-refractivity contribution is 7.92. The van der Waals surface area contributed by atoms with E-state index < -0.39 is 10.0 Å². The van der Waals surface area contributed by atoms with Crippen LogP contribution in [0.4, 0.5) is 5.69 Å². The van der Waals surface area contributed by atoms with E-state index in [4.69, 9.17) is 16.9 Å². The van der Waals surface area contributed by atoms with Crippen molar-refractivity contribution < 1.29 is 8.42 Å². The van der Waals surface area contributed by atoms with Crippen LogP contribution in [0.3, 0.4) is 0 Å². The Bertz CT molecular complexity index is 535. The van der Waals surface area contributed by atoms with Crippen LogP contribution >= 0.6 is 11.6 Å². The monoisotopic (exact) mass is 272 g/mol. The maximum atomic E-state index is 11.6. The molecular weight excluding hydrogens is 260 g/mol. The van der Waals surface area contributed by atoms with Gasteiger partial charge in [-0.15, -0.1) is 0 Å². The standard InChI is InChI=1S/C11H13ClN2O2S/c1-2-3-6-17(15,16)14-11-5-4-9(8-13)7-10(11)12/h4-5,7,14H,2-3,6H2,1H3. The Kier molecular flexibility index (Phi) is 4.79. The summed E-state index contributed by atoms with van der Waals surface area (Å²) < 4.78 is 25.7. The summed E-state index contributed by atoms with van der Waals surface area (Å²) in [6.07, 6.45) is 1.41. The van der Waals surface area contributed by atoms with Crippen molar-refractivity contribution in [2.45, 2.75) is 19.8 Å².